The van der Waals surface area contributed by atoms with E-state index in [1.54, 1.807) is 12.5 Å². The zero-order valence-corrected chi connectivity index (χ0v) is 13.1. The van der Waals surface area contributed by atoms with E-state index in [9.17, 15) is 4.79 Å². The summed E-state index contributed by atoms with van der Waals surface area (Å²) in [6.45, 7) is 3.31. The Morgan fingerprint density at radius 1 is 1.10 bits per heavy atom. The summed E-state index contributed by atoms with van der Waals surface area (Å²) in [7, 11) is 0. The van der Waals surface area contributed by atoms with E-state index in [1.165, 1.54) is 0 Å². The largest absolute Gasteiger partial charge is 0.336 e. The molecule has 1 aliphatic rings. The van der Waals surface area contributed by atoms with Gasteiger partial charge >= 0.3 is 0 Å². The molecule has 1 aromatic heterocycles. The highest BCUT2D eigenvalue weighted by Gasteiger charge is 2.17. The van der Waals surface area contributed by atoms with Crippen LogP contribution in [-0.2, 0) is 0 Å². The number of amides is 1. The third-order valence-electron chi connectivity index (χ3n) is 3.32. The number of nitrogens with one attached hydrogen (secondary N) is 1. The number of imidazole rings is 1. The molecule has 0 aliphatic carbocycles. The fourth-order valence-corrected chi connectivity index (χ4v) is 2.24. The molecule has 5 nitrogen and oxygen atoms in total. The first-order chi connectivity index (χ1) is 9.34. The van der Waals surface area contributed by atoms with E-state index in [1.807, 2.05) is 39.9 Å². The van der Waals surface area contributed by atoms with Crippen molar-refractivity contribution in [2.45, 2.75) is 0 Å². The maximum absolute atomic E-state index is 12.3. The molecular formula is C14H18Cl2N4O. The summed E-state index contributed by atoms with van der Waals surface area (Å²) >= 11 is 0. The molecule has 2 aromatic rings. The lowest BCUT2D eigenvalue weighted by molar-refractivity contribution is 0.0736. The van der Waals surface area contributed by atoms with Crippen LogP contribution in [0.2, 0.25) is 0 Å². The molecule has 0 saturated carbocycles. The third-order valence-corrected chi connectivity index (χ3v) is 3.32. The predicted octanol–water partition coefficient (Wildman–Crippen LogP) is 1.76. The number of piperazine rings is 1. The van der Waals surface area contributed by atoms with Crippen molar-refractivity contribution in [3.05, 3.63) is 48.5 Å². The van der Waals surface area contributed by atoms with Crippen molar-refractivity contribution in [2.75, 3.05) is 26.2 Å². The van der Waals surface area contributed by atoms with Crippen molar-refractivity contribution >= 4 is 30.7 Å². The normalized spacial score (nSPS) is 14.0. The number of benzene rings is 1. The van der Waals surface area contributed by atoms with Crippen molar-refractivity contribution in [2.24, 2.45) is 0 Å². The molecule has 1 aromatic carbocycles. The van der Waals surface area contributed by atoms with E-state index >= 15 is 0 Å². The van der Waals surface area contributed by atoms with Gasteiger partial charge in [0.1, 0.15) is 0 Å². The topological polar surface area (TPSA) is 50.2 Å². The molecule has 0 spiro atoms. The van der Waals surface area contributed by atoms with E-state index in [0.717, 1.165) is 37.4 Å². The summed E-state index contributed by atoms with van der Waals surface area (Å²) in [5.74, 6) is 0.110. The summed E-state index contributed by atoms with van der Waals surface area (Å²) in [6, 6.07) is 7.63. The quantitative estimate of drug-likeness (QED) is 0.913. The van der Waals surface area contributed by atoms with Gasteiger partial charge in [0.2, 0.25) is 0 Å². The molecule has 21 heavy (non-hydrogen) atoms. The Balaban J connectivity index is 0.00000110. The number of hydrogen-bond acceptors (Lipinski definition) is 3. The van der Waals surface area contributed by atoms with Crippen molar-refractivity contribution in [3.8, 4) is 5.69 Å². The molecule has 1 aliphatic heterocycles. The lowest BCUT2D eigenvalue weighted by Crippen LogP contribution is -2.46. The van der Waals surface area contributed by atoms with Gasteiger partial charge in [0.25, 0.3) is 5.91 Å². The minimum absolute atomic E-state index is 0. The van der Waals surface area contributed by atoms with Gasteiger partial charge < -0.3 is 14.8 Å². The molecule has 1 saturated heterocycles. The molecule has 1 fully saturated rings. The minimum Gasteiger partial charge on any atom is -0.336 e. The second-order valence-electron chi connectivity index (χ2n) is 4.56. The Kier molecular flexibility index (Phi) is 6.68. The first-order valence-corrected chi connectivity index (χ1v) is 6.43. The molecule has 1 amide bonds. The highest BCUT2D eigenvalue weighted by molar-refractivity contribution is 5.94. The van der Waals surface area contributed by atoms with Crippen molar-refractivity contribution in [1.29, 1.82) is 0 Å². The standard InChI is InChI=1S/C14H16N4O.2ClH/c19-14(17-8-5-15-6-9-17)12-1-3-13(4-2-12)18-10-7-16-11-18;;/h1-4,7,10-11,15H,5-6,8-9H2;2*1H. The summed E-state index contributed by atoms with van der Waals surface area (Å²) in [4.78, 5) is 18.2. The van der Waals surface area contributed by atoms with Gasteiger partial charge in [-0.3, -0.25) is 4.79 Å². The van der Waals surface area contributed by atoms with Crippen LogP contribution in [0.5, 0.6) is 0 Å². The van der Waals surface area contributed by atoms with Crippen LogP contribution in [-0.4, -0.2) is 46.5 Å². The third kappa shape index (κ3) is 3.97. The van der Waals surface area contributed by atoms with Gasteiger partial charge in [-0.2, -0.15) is 0 Å². The number of rotatable bonds is 2. The summed E-state index contributed by atoms with van der Waals surface area (Å²) in [5, 5.41) is 3.24. The van der Waals surface area contributed by atoms with E-state index in [2.05, 4.69) is 10.3 Å². The lowest BCUT2D eigenvalue weighted by atomic mass is 10.1. The average molecular weight is 329 g/mol. The van der Waals surface area contributed by atoms with Crippen LogP contribution >= 0.6 is 24.8 Å². The van der Waals surface area contributed by atoms with Crippen LogP contribution < -0.4 is 5.32 Å². The van der Waals surface area contributed by atoms with Crippen LogP contribution in [0.25, 0.3) is 5.69 Å². The molecule has 0 radical (unpaired) electrons. The number of hydrogen-bond donors (Lipinski definition) is 1. The lowest BCUT2D eigenvalue weighted by Gasteiger charge is -2.27. The van der Waals surface area contributed by atoms with Gasteiger partial charge in [-0.15, -0.1) is 24.8 Å². The Bertz CT molecular complexity index is 551. The zero-order valence-electron chi connectivity index (χ0n) is 11.4. The molecule has 0 atom stereocenters. The summed E-state index contributed by atoms with van der Waals surface area (Å²) in [6.07, 6.45) is 5.36. The molecule has 114 valence electrons. The van der Waals surface area contributed by atoms with Crippen molar-refractivity contribution < 1.29 is 4.79 Å². The van der Waals surface area contributed by atoms with Gasteiger partial charge in [0, 0.05) is 49.8 Å². The Morgan fingerprint density at radius 3 is 2.33 bits per heavy atom. The fraction of sp³-hybridized carbons (Fsp3) is 0.286. The number of aromatic nitrogens is 2. The number of carbonyl (C=O) groups is 1. The Hall–Kier alpha value is -1.56. The molecule has 7 heteroatoms. The monoisotopic (exact) mass is 328 g/mol. The van der Waals surface area contributed by atoms with Gasteiger partial charge in [-0.05, 0) is 24.3 Å². The fourth-order valence-electron chi connectivity index (χ4n) is 2.24. The first kappa shape index (κ1) is 17.5. The van der Waals surface area contributed by atoms with E-state index in [-0.39, 0.29) is 30.7 Å². The van der Waals surface area contributed by atoms with Crippen LogP contribution in [0, 0.1) is 0 Å². The van der Waals surface area contributed by atoms with Gasteiger partial charge in [-0.25, -0.2) is 4.98 Å². The Morgan fingerprint density at radius 2 is 1.76 bits per heavy atom. The number of halogens is 2. The van der Waals surface area contributed by atoms with E-state index in [0.29, 0.717) is 0 Å². The Labute approximate surface area is 136 Å². The van der Waals surface area contributed by atoms with Crippen LogP contribution in [0.1, 0.15) is 10.4 Å². The molecular weight excluding hydrogens is 311 g/mol. The molecule has 0 unspecified atom stereocenters. The predicted molar refractivity (Wildman–Crippen MR) is 86.8 cm³/mol. The average Bonchev–Trinajstić information content (AvgIpc) is 3.02. The summed E-state index contributed by atoms with van der Waals surface area (Å²) in [5.41, 5.74) is 1.75. The molecule has 0 bridgehead atoms. The van der Waals surface area contributed by atoms with Crippen molar-refractivity contribution in [1.82, 2.24) is 19.8 Å². The molecule has 1 N–H and O–H groups in total. The van der Waals surface area contributed by atoms with Gasteiger partial charge in [-0.1, -0.05) is 0 Å². The van der Waals surface area contributed by atoms with Crippen LogP contribution in [0.15, 0.2) is 43.0 Å². The summed E-state index contributed by atoms with van der Waals surface area (Å²) < 4.78 is 1.92. The van der Waals surface area contributed by atoms with E-state index < -0.39 is 0 Å². The second-order valence-corrected chi connectivity index (χ2v) is 4.56. The molecule has 3 rings (SSSR count). The van der Waals surface area contributed by atoms with Crippen molar-refractivity contribution in [3.63, 3.8) is 0 Å². The van der Waals surface area contributed by atoms with Gasteiger partial charge in [0.15, 0.2) is 0 Å². The minimum atomic E-state index is 0. The first-order valence-electron chi connectivity index (χ1n) is 6.43. The SMILES string of the molecule is Cl.Cl.O=C(c1ccc(-n2ccnc2)cc1)N1CCNCC1. The second kappa shape index (κ2) is 8.02. The smallest absolute Gasteiger partial charge is 0.253 e. The van der Waals surface area contributed by atoms with Crippen LogP contribution in [0.3, 0.4) is 0 Å². The maximum Gasteiger partial charge on any atom is 0.253 e. The highest BCUT2D eigenvalue weighted by Crippen LogP contribution is 2.11. The maximum atomic E-state index is 12.3. The highest BCUT2D eigenvalue weighted by atomic mass is 35.5. The zero-order chi connectivity index (χ0) is 13.1. The molecule has 2 heterocycles. The number of carbonyl (C=O) groups excluding carboxylic acids is 1. The number of nitrogens with zero attached hydrogens (tertiary/aromatic N) is 3. The van der Waals surface area contributed by atoms with E-state index in [4.69, 9.17) is 0 Å². The van der Waals surface area contributed by atoms with Gasteiger partial charge in [0.05, 0.1) is 6.33 Å². The van der Waals surface area contributed by atoms with Crippen LogP contribution in [0.4, 0.5) is 0 Å².